The monoisotopic (exact) mass is 158 g/mol. The van der Waals surface area contributed by atoms with Crippen LogP contribution in [0.1, 0.15) is 19.3 Å². The minimum atomic E-state index is 0.367. The number of rotatable bonds is 4. The molecule has 11 heavy (non-hydrogen) atoms. The Hall–Kier alpha value is -0.120. The van der Waals surface area contributed by atoms with E-state index in [-0.39, 0.29) is 0 Å². The summed E-state index contributed by atoms with van der Waals surface area (Å²) in [6, 6.07) is 0.900. The Kier molecular flexibility index (Phi) is 3.83. The van der Waals surface area contributed by atoms with Crippen LogP contribution in [0, 0.1) is 0 Å². The third kappa shape index (κ3) is 2.77. The molecule has 0 bridgehead atoms. The van der Waals surface area contributed by atoms with Crippen LogP contribution in [0.3, 0.4) is 0 Å². The molecule has 0 aromatic carbocycles. The molecule has 0 aromatic heterocycles. The maximum absolute atomic E-state index is 5.86. The van der Waals surface area contributed by atoms with Gasteiger partial charge in [-0.15, -0.1) is 0 Å². The van der Waals surface area contributed by atoms with E-state index >= 15 is 0 Å². The van der Waals surface area contributed by atoms with E-state index < -0.39 is 0 Å². The van der Waals surface area contributed by atoms with Gasteiger partial charge in [-0.25, -0.2) is 0 Å². The Morgan fingerprint density at radius 3 is 2.91 bits per heavy atom. The zero-order valence-corrected chi connectivity index (χ0v) is 7.18. The third-order valence-electron chi connectivity index (χ3n) is 2.28. The maximum atomic E-state index is 5.86. The molecule has 0 aliphatic heterocycles. The van der Waals surface area contributed by atoms with Crippen molar-refractivity contribution in [3.8, 4) is 0 Å². The van der Waals surface area contributed by atoms with Crippen molar-refractivity contribution in [3.05, 3.63) is 0 Å². The van der Waals surface area contributed by atoms with Gasteiger partial charge in [0, 0.05) is 25.7 Å². The molecule has 2 atom stereocenters. The molecule has 3 heteroatoms. The molecule has 1 fully saturated rings. The molecule has 0 radical (unpaired) electrons. The van der Waals surface area contributed by atoms with Gasteiger partial charge >= 0.3 is 0 Å². The van der Waals surface area contributed by atoms with E-state index in [1.807, 2.05) is 0 Å². The summed E-state index contributed by atoms with van der Waals surface area (Å²) in [4.78, 5) is 0. The second-order valence-corrected chi connectivity index (χ2v) is 3.15. The Labute approximate surface area is 68.3 Å². The molecular formula is C8H18N2O. The molecular weight excluding hydrogens is 140 g/mol. The van der Waals surface area contributed by atoms with Gasteiger partial charge < -0.3 is 15.8 Å². The summed E-state index contributed by atoms with van der Waals surface area (Å²) in [5, 5.41) is 3.38. The molecule has 0 amide bonds. The van der Waals surface area contributed by atoms with Crippen LogP contribution in [0.25, 0.3) is 0 Å². The van der Waals surface area contributed by atoms with Gasteiger partial charge in [0.2, 0.25) is 0 Å². The minimum Gasteiger partial charge on any atom is -0.383 e. The third-order valence-corrected chi connectivity index (χ3v) is 2.28. The number of ether oxygens (including phenoxy) is 1. The van der Waals surface area contributed by atoms with Crippen molar-refractivity contribution in [3.63, 3.8) is 0 Å². The van der Waals surface area contributed by atoms with Crippen LogP contribution >= 0.6 is 0 Å². The first-order valence-corrected chi connectivity index (χ1v) is 4.32. The van der Waals surface area contributed by atoms with Crippen molar-refractivity contribution in [2.45, 2.75) is 31.3 Å². The smallest absolute Gasteiger partial charge is 0.0587 e. The van der Waals surface area contributed by atoms with Gasteiger partial charge in [0.05, 0.1) is 6.61 Å². The lowest BCUT2D eigenvalue weighted by Gasteiger charge is -2.16. The first-order valence-electron chi connectivity index (χ1n) is 4.32. The Balaban J connectivity index is 2.05. The van der Waals surface area contributed by atoms with E-state index in [4.69, 9.17) is 10.5 Å². The first kappa shape index (κ1) is 8.97. The van der Waals surface area contributed by atoms with E-state index in [1.54, 1.807) is 7.11 Å². The average Bonchev–Trinajstić information content (AvgIpc) is 2.37. The zero-order valence-electron chi connectivity index (χ0n) is 7.18. The van der Waals surface area contributed by atoms with E-state index in [1.165, 1.54) is 19.3 Å². The summed E-state index contributed by atoms with van der Waals surface area (Å²) in [7, 11) is 1.72. The molecule has 66 valence electrons. The zero-order chi connectivity index (χ0) is 8.10. The summed E-state index contributed by atoms with van der Waals surface area (Å²) in [5.74, 6) is 0. The number of methoxy groups -OCH3 is 1. The van der Waals surface area contributed by atoms with Crippen molar-refractivity contribution >= 4 is 0 Å². The molecule has 0 aromatic rings. The summed E-state index contributed by atoms with van der Waals surface area (Å²) >= 11 is 0. The highest BCUT2D eigenvalue weighted by molar-refractivity contribution is 4.85. The lowest BCUT2D eigenvalue weighted by molar-refractivity contribution is 0.195. The summed E-state index contributed by atoms with van der Waals surface area (Å²) in [6.45, 7) is 1.71. The molecule has 0 saturated heterocycles. The van der Waals surface area contributed by atoms with Crippen molar-refractivity contribution in [2.24, 2.45) is 5.73 Å². The molecule has 1 rings (SSSR count). The van der Waals surface area contributed by atoms with Crippen molar-refractivity contribution in [1.82, 2.24) is 5.32 Å². The fourth-order valence-corrected chi connectivity index (χ4v) is 1.59. The fraction of sp³-hybridized carbons (Fsp3) is 1.00. The van der Waals surface area contributed by atoms with Crippen LogP contribution in [0.5, 0.6) is 0 Å². The highest BCUT2D eigenvalue weighted by atomic mass is 16.5. The molecule has 0 heterocycles. The predicted octanol–water partition coefficient (Wildman–Crippen LogP) is 0.102. The molecule has 1 aliphatic rings. The van der Waals surface area contributed by atoms with E-state index in [2.05, 4.69) is 5.32 Å². The second-order valence-electron chi connectivity index (χ2n) is 3.15. The number of hydrogen-bond acceptors (Lipinski definition) is 3. The van der Waals surface area contributed by atoms with Gasteiger partial charge in [-0.3, -0.25) is 0 Å². The van der Waals surface area contributed by atoms with E-state index in [9.17, 15) is 0 Å². The number of hydrogen-bond donors (Lipinski definition) is 2. The molecule has 1 saturated carbocycles. The Morgan fingerprint density at radius 2 is 2.36 bits per heavy atom. The van der Waals surface area contributed by atoms with Gasteiger partial charge in [-0.2, -0.15) is 0 Å². The second kappa shape index (κ2) is 4.70. The lowest BCUT2D eigenvalue weighted by atomic mass is 10.2. The van der Waals surface area contributed by atoms with Crippen molar-refractivity contribution in [1.29, 1.82) is 0 Å². The predicted molar refractivity (Wildman–Crippen MR) is 45.5 cm³/mol. The summed E-state index contributed by atoms with van der Waals surface area (Å²) in [5.41, 5.74) is 5.86. The Morgan fingerprint density at radius 1 is 1.55 bits per heavy atom. The van der Waals surface area contributed by atoms with Gasteiger partial charge in [-0.05, 0) is 12.8 Å². The minimum absolute atomic E-state index is 0.367. The Bertz CT molecular complexity index is 108. The highest BCUT2D eigenvalue weighted by Crippen LogP contribution is 2.16. The van der Waals surface area contributed by atoms with Crippen LogP contribution in [-0.2, 0) is 4.74 Å². The van der Waals surface area contributed by atoms with Gasteiger partial charge in [-0.1, -0.05) is 6.42 Å². The van der Waals surface area contributed by atoms with Gasteiger partial charge in [0.25, 0.3) is 0 Å². The fourth-order valence-electron chi connectivity index (χ4n) is 1.59. The molecule has 3 N–H and O–H groups in total. The lowest BCUT2D eigenvalue weighted by Crippen LogP contribution is -2.42. The number of nitrogens with one attached hydrogen (secondary N) is 1. The van der Waals surface area contributed by atoms with Crippen molar-refractivity contribution in [2.75, 3.05) is 20.3 Å². The van der Waals surface area contributed by atoms with Crippen LogP contribution in [0.4, 0.5) is 0 Å². The molecule has 0 unspecified atom stereocenters. The topological polar surface area (TPSA) is 47.3 Å². The summed E-state index contributed by atoms with van der Waals surface area (Å²) < 4.78 is 4.93. The van der Waals surface area contributed by atoms with E-state index in [0.29, 0.717) is 12.1 Å². The van der Waals surface area contributed by atoms with Crippen LogP contribution < -0.4 is 11.1 Å². The first-order chi connectivity index (χ1) is 5.34. The van der Waals surface area contributed by atoms with Gasteiger partial charge in [0.15, 0.2) is 0 Å². The molecule has 1 aliphatic carbocycles. The summed E-state index contributed by atoms with van der Waals surface area (Å²) in [6.07, 6.45) is 3.67. The normalized spacial score (nSPS) is 31.1. The molecule has 0 spiro atoms. The quantitative estimate of drug-likeness (QED) is 0.571. The highest BCUT2D eigenvalue weighted by Gasteiger charge is 2.22. The van der Waals surface area contributed by atoms with Crippen LogP contribution in [-0.4, -0.2) is 32.3 Å². The van der Waals surface area contributed by atoms with Gasteiger partial charge in [0.1, 0.15) is 0 Å². The van der Waals surface area contributed by atoms with Crippen LogP contribution in [0.15, 0.2) is 0 Å². The maximum Gasteiger partial charge on any atom is 0.0587 e. The average molecular weight is 158 g/mol. The van der Waals surface area contributed by atoms with Crippen LogP contribution in [0.2, 0.25) is 0 Å². The van der Waals surface area contributed by atoms with E-state index in [0.717, 1.165) is 13.2 Å². The molecule has 3 nitrogen and oxygen atoms in total. The largest absolute Gasteiger partial charge is 0.383 e. The van der Waals surface area contributed by atoms with Crippen molar-refractivity contribution < 1.29 is 4.74 Å². The SMILES string of the molecule is COCCN[C@@H]1CCC[C@H]1N. The standard InChI is InChI=1S/C8H18N2O/c1-11-6-5-10-8-4-2-3-7(8)9/h7-8,10H,2-6,9H2,1H3/t7-,8-/m1/s1. The number of nitrogens with two attached hydrogens (primary N) is 1.